The number of anilines is 1. The zero-order chi connectivity index (χ0) is 19.4. The second-order valence-corrected chi connectivity index (χ2v) is 7.27. The van der Waals surface area contributed by atoms with Crippen molar-refractivity contribution in [3.63, 3.8) is 0 Å². The summed E-state index contributed by atoms with van der Waals surface area (Å²) in [6.07, 6.45) is 2.57. The molecule has 4 heteroatoms. The Kier molecular flexibility index (Phi) is 5.94. The van der Waals surface area contributed by atoms with E-state index in [4.69, 9.17) is 0 Å². The predicted octanol–water partition coefficient (Wildman–Crippen LogP) is 4.25. The van der Waals surface area contributed by atoms with Crippen LogP contribution < -0.4 is 10.2 Å². The van der Waals surface area contributed by atoms with Crippen LogP contribution in [0.15, 0.2) is 42.5 Å². The summed E-state index contributed by atoms with van der Waals surface area (Å²) in [5, 5.41) is 3.03. The number of fused-ring (bicyclic) bond motifs is 1. The van der Waals surface area contributed by atoms with Gasteiger partial charge in [0.25, 0.3) is 5.91 Å². The van der Waals surface area contributed by atoms with E-state index in [2.05, 4.69) is 11.4 Å². The Hall–Kier alpha value is -2.62. The van der Waals surface area contributed by atoms with E-state index >= 15 is 0 Å². The van der Waals surface area contributed by atoms with Crippen LogP contribution >= 0.6 is 0 Å². The van der Waals surface area contributed by atoms with E-state index in [1.165, 1.54) is 5.56 Å². The zero-order valence-corrected chi connectivity index (χ0v) is 16.4. The van der Waals surface area contributed by atoms with Crippen molar-refractivity contribution >= 4 is 17.5 Å². The van der Waals surface area contributed by atoms with Crippen LogP contribution in [0.2, 0.25) is 0 Å². The van der Waals surface area contributed by atoms with Gasteiger partial charge >= 0.3 is 0 Å². The van der Waals surface area contributed by atoms with Crippen molar-refractivity contribution in [3.05, 3.63) is 64.7 Å². The summed E-state index contributed by atoms with van der Waals surface area (Å²) in [5.41, 5.74) is 4.98. The molecule has 27 heavy (non-hydrogen) atoms. The maximum Gasteiger partial charge on any atom is 0.258 e. The van der Waals surface area contributed by atoms with Gasteiger partial charge in [0.2, 0.25) is 5.91 Å². The van der Waals surface area contributed by atoms with Crippen LogP contribution in [-0.2, 0) is 17.8 Å². The van der Waals surface area contributed by atoms with E-state index in [1.807, 2.05) is 62.1 Å². The number of aryl methyl sites for hydroxylation is 1. The van der Waals surface area contributed by atoms with Crippen LogP contribution in [0.4, 0.5) is 5.69 Å². The first-order valence-electron chi connectivity index (χ1n) is 9.81. The van der Waals surface area contributed by atoms with Crippen LogP contribution in [0.25, 0.3) is 0 Å². The topological polar surface area (TPSA) is 49.4 Å². The lowest BCUT2D eigenvalue weighted by atomic mass is 10.0. The summed E-state index contributed by atoms with van der Waals surface area (Å²) in [4.78, 5) is 27.0. The van der Waals surface area contributed by atoms with Gasteiger partial charge in [-0.05, 0) is 55.5 Å². The minimum absolute atomic E-state index is 0.0377. The minimum atomic E-state index is 0.0377. The third-order valence-electron chi connectivity index (χ3n) is 5.38. The molecule has 1 heterocycles. The van der Waals surface area contributed by atoms with E-state index in [9.17, 15) is 9.59 Å². The summed E-state index contributed by atoms with van der Waals surface area (Å²) >= 11 is 0. The zero-order valence-electron chi connectivity index (χ0n) is 16.4. The normalized spacial score (nSPS) is 13.0. The highest BCUT2D eigenvalue weighted by Crippen LogP contribution is 2.30. The van der Waals surface area contributed by atoms with Crippen LogP contribution in [0, 0.1) is 12.8 Å². The number of carbonyl (C=O) groups excluding carboxylic acids is 2. The van der Waals surface area contributed by atoms with E-state index in [1.54, 1.807) is 0 Å². The Morgan fingerprint density at radius 3 is 2.59 bits per heavy atom. The van der Waals surface area contributed by atoms with Gasteiger partial charge in [0.15, 0.2) is 0 Å². The molecule has 0 saturated carbocycles. The van der Waals surface area contributed by atoms with Crippen molar-refractivity contribution < 1.29 is 9.59 Å². The largest absolute Gasteiger partial charge is 0.352 e. The van der Waals surface area contributed by atoms with Crippen molar-refractivity contribution in [2.24, 2.45) is 5.92 Å². The average molecular weight is 364 g/mol. The fraction of sp³-hybridized carbons (Fsp3) is 0.391. The predicted molar refractivity (Wildman–Crippen MR) is 109 cm³/mol. The summed E-state index contributed by atoms with van der Waals surface area (Å²) in [5.74, 6) is 0.211. The number of nitrogens with one attached hydrogen (secondary N) is 1. The molecule has 0 radical (unpaired) electrons. The highest BCUT2D eigenvalue weighted by molar-refractivity contribution is 6.07. The standard InChI is InChI=1S/C23H28N2O2/c1-4-18(5-2)22(26)24-15-17-9-10-19-11-12-25(21(19)14-17)23(27)20-8-6-7-16(3)13-20/h6-10,13-14,18H,4-5,11-12,15H2,1-3H3,(H,24,26). The molecule has 2 aromatic carbocycles. The fourth-order valence-electron chi connectivity index (χ4n) is 3.67. The number of carbonyl (C=O) groups is 2. The first-order chi connectivity index (χ1) is 13.0. The first kappa shape index (κ1) is 19.2. The molecule has 0 fully saturated rings. The molecule has 0 spiro atoms. The Morgan fingerprint density at radius 1 is 1.11 bits per heavy atom. The summed E-state index contributed by atoms with van der Waals surface area (Å²) < 4.78 is 0. The van der Waals surface area contributed by atoms with Gasteiger partial charge in [0.1, 0.15) is 0 Å². The summed E-state index contributed by atoms with van der Waals surface area (Å²) in [6.45, 7) is 7.27. The molecule has 1 aliphatic rings. The first-order valence-corrected chi connectivity index (χ1v) is 9.81. The molecule has 0 unspecified atom stereocenters. The molecule has 0 atom stereocenters. The second-order valence-electron chi connectivity index (χ2n) is 7.27. The SMILES string of the molecule is CCC(CC)C(=O)NCc1ccc2c(c1)N(C(=O)c1cccc(C)c1)CC2. The summed E-state index contributed by atoms with van der Waals surface area (Å²) in [7, 11) is 0. The molecule has 0 saturated heterocycles. The van der Waals surface area contributed by atoms with Gasteiger partial charge in [-0.15, -0.1) is 0 Å². The van der Waals surface area contributed by atoms with Gasteiger partial charge in [-0.1, -0.05) is 43.7 Å². The van der Waals surface area contributed by atoms with Gasteiger partial charge in [-0.25, -0.2) is 0 Å². The third kappa shape index (κ3) is 4.21. The van der Waals surface area contributed by atoms with Crippen molar-refractivity contribution in [3.8, 4) is 0 Å². The molecule has 0 aromatic heterocycles. The molecule has 142 valence electrons. The second kappa shape index (κ2) is 8.38. The van der Waals surface area contributed by atoms with Gasteiger partial charge < -0.3 is 10.2 Å². The van der Waals surface area contributed by atoms with Gasteiger partial charge in [-0.3, -0.25) is 9.59 Å². The van der Waals surface area contributed by atoms with E-state index < -0.39 is 0 Å². The molecule has 1 aliphatic heterocycles. The number of benzene rings is 2. The Morgan fingerprint density at radius 2 is 1.89 bits per heavy atom. The molecule has 4 nitrogen and oxygen atoms in total. The lowest BCUT2D eigenvalue weighted by molar-refractivity contribution is -0.125. The minimum Gasteiger partial charge on any atom is -0.352 e. The molecule has 0 aliphatic carbocycles. The van der Waals surface area contributed by atoms with E-state index in [0.717, 1.165) is 41.6 Å². The van der Waals surface area contributed by atoms with Crippen LogP contribution in [-0.4, -0.2) is 18.4 Å². The lowest BCUT2D eigenvalue weighted by Crippen LogP contribution is -2.30. The monoisotopic (exact) mass is 364 g/mol. The van der Waals surface area contributed by atoms with Gasteiger partial charge in [-0.2, -0.15) is 0 Å². The fourth-order valence-corrected chi connectivity index (χ4v) is 3.67. The van der Waals surface area contributed by atoms with Crippen molar-refractivity contribution in [1.82, 2.24) is 5.32 Å². The number of amides is 2. The highest BCUT2D eigenvalue weighted by atomic mass is 16.2. The molecule has 2 amide bonds. The van der Waals surface area contributed by atoms with Crippen molar-refractivity contribution in [2.75, 3.05) is 11.4 Å². The summed E-state index contributed by atoms with van der Waals surface area (Å²) in [6, 6.07) is 13.9. The third-order valence-corrected chi connectivity index (χ3v) is 5.38. The van der Waals surface area contributed by atoms with E-state index in [0.29, 0.717) is 13.1 Å². The maximum absolute atomic E-state index is 13.0. The highest BCUT2D eigenvalue weighted by Gasteiger charge is 2.26. The number of nitrogens with zero attached hydrogens (tertiary/aromatic N) is 1. The van der Waals surface area contributed by atoms with Crippen molar-refractivity contribution in [2.45, 2.75) is 46.6 Å². The molecule has 3 rings (SSSR count). The smallest absolute Gasteiger partial charge is 0.258 e. The van der Waals surface area contributed by atoms with E-state index in [-0.39, 0.29) is 17.7 Å². The van der Waals surface area contributed by atoms with Crippen LogP contribution in [0.1, 0.15) is 53.7 Å². The molecular weight excluding hydrogens is 336 g/mol. The maximum atomic E-state index is 13.0. The molecule has 1 N–H and O–H groups in total. The van der Waals surface area contributed by atoms with Crippen LogP contribution in [0.5, 0.6) is 0 Å². The average Bonchev–Trinajstić information content (AvgIpc) is 3.10. The Labute approximate surface area is 161 Å². The Balaban J connectivity index is 1.75. The molecule has 2 aromatic rings. The van der Waals surface area contributed by atoms with Gasteiger partial charge in [0, 0.05) is 30.3 Å². The number of hydrogen-bond acceptors (Lipinski definition) is 2. The number of rotatable bonds is 6. The molecular formula is C23H28N2O2. The quantitative estimate of drug-likeness (QED) is 0.833. The van der Waals surface area contributed by atoms with Crippen LogP contribution in [0.3, 0.4) is 0 Å². The van der Waals surface area contributed by atoms with Crippen molar-refractivity contribution in [1.29, 1.82) is 0 Å². The Bertz CT molecular complexity index is 840. The number of hydrogen-bond donors (Lipinski definition) is 1. The van der Waals surface area contributed by atoms with Gasteiger partial charge in [0.05, 0.1) is 0 Å². The molecule has 0 bridgehead atoms. The lowest BCUT2D eigenvalue weighted by Gasteiger charge is -2.19.